The lowest BCUT2D eigenvalue weighted by atomic mass is 9.91. The zero-order chi connectivity index (χ0) is 13.7. The summed E-state index contributed by atoms with van der Waals surface area (Å²) in [7, 11) is 1.96. The van der Waals surface area contributed by atoms with Crippen molar-refractivity contribution >= 4 is 23.4 Å². The van der Waals surface area contributed by atoms with Gasteiger partial charge < -0.3 is 5.32 Å². The van der Waals surface area contributed by atoms with Crippen LogP contribution in [0.2, 0.25) is 5.02 Å². The van der Waals surface area contributed by atoms with E-state index < -0.39 is 0 Å². The molecule has 1 aromatic rings. The lowest BCUT2D eigenvalue weighted by Crippen LogP contribution is -2.31. The topological polar surface area (TPSA) is 12.0 Å². The lowest BCUT2D eigenvalue weighted by molar-refractivity contribution is 0.373. The molecule has 1 aromatic carbocycles. The van der Waals surface area contributed by atoms with E-state index in [0.717, 1.165) is 12.3 Å². The molecule has 0 saturated carbocycles. The van der Waals surface area contributed by atoms with Gasteiger partial charge in [0.15, 0.2) is 0 Å². The maximum absolute atomic E-state index is 13.8. The van der Waals surface area contributed by atoms with Crippen molar-refractivity contribution in [1.29, 1.82) is 0 Å². The first-order chi connectivity index (χ1) is 9.20. The smallest absolute Gasteiger partial charge is 0.127 e. The number of nitrogens with one attached hydrogen (secondary N) is 1. The van der Waals surface area contributed by atoms with Crippen LogP contribution in [0.3, 0.4) is 0 Å². The van der Waals surface area contributed by atoms with E-state index >= 15 is 0 Å². The van der Waals surface area contributed by atoms with E-state index in [1.165, 1.54) is 30.4 Å². The van der Waals surface area contributed by atoms with Crippen molar-refractivity contribution in [2.75, 3.05) is 18.6 Å². The average molecular weight is 302 g/mol. The number of thioether (sulfide) groups is 1. The predicted octanol–water partition coefficient (Wildman–Crippen LogP) is 4.14. The Morgan fingerprint density at radius 3 is 2.79 bits per heavy atom. The number of hydrogen-bond acceptors (Lipinski definition) is 2. The van der Waals surface area contributed by atoms with E-state index in [4.69, 9.17) is 11.6 Å². The third-order valence-corrected chi connectivity index (χ3v) is 5.28. The molecule has 4 heteroatoms. The first-order valence-electron chi connectivity index (χ1n) is 6.88. The van der Waals surface area contributed by atoms with Crippen molar-refractivity contribution < 1.29 is 4.39 Å². The van der Waals surface area contributed by atoms with Gasteiger partial charge in [0.05, 0.1) is 0 Å². The van der Waals surface area contributed by atoms with Gasteiger partial charge in [-0.25, -0.2) is 4.39 Å². The maximum Gasteiger partial charge on any atom is 0.127 e. The molecular formula is C15H21ClFNS. The molecule has 1 heterocycles. The third kappa shape index (κ3) is 4.37. The van der Waals surface area contributed by atoms with Gasteiger partial charge in [0.1, 0.15) is 5.82 Å². The fraction of sp³-hybridized carbons (Fsp3) is 0.600. The van der Waals surface area contributed by atoms with Crippen LogP contribution in [0.5, 0.6) is 0 Å². The molecule has 1 aliphatic rings. The summed E-state index contributed by atoms with van der Waals surface area (Å²) in [5.41, 5.74) is 0.647. The van der Waals surface area contributed by atoms with E-state index in [-0.39, 0.29) is 5.82 Å². The van der Waals surface area contributed by atoms with Gasteiger partial charge in [-0.3, -0.25) is 0 Å². The minimum atomic E-state index is -0.188. The molecule has 0 radical (unpaired) electrons. The summed E-state index contributed by atoms with van der Waals surface area (Å²) in [6.07, 6.45) is 4.36. The summed E-state index contributed by atoms with van der Waals surface area (Å²) in [5.74, 6) is 3.11. The lowest BCUT2D eigenvalue weighted by Gasteiger charge is -2.26. The van der Waals surface area contributed by atoms with Crippen LogP contribution in [-0.4, -0.2) is 24.6 Å². The largest absolute Gasteiger partial charge is 0.317 e. The second-order valence-electron chi connectivity index (χ2n) is 5.18. The van der Waals surface area contributed by atoms with Gasteiger partial charge in [-0.05, 0) is 62.3 Å². The molecule has 1 fully saturated rings. The predicted molar refractivity (Wildman–Crippen MR) is 82.6 cm³/mol. The minimum Gasteiger partial charge on any atom is -0.317 e. The molecular weight excluding hydrogens is 281 g/mol. The highest BCUT2D eigenvalue weighted by Gasteiger charge is 2.20. The Morgan fingerprint density at radius 1 is 1.42 bits per heavy atom. The number of hydrogen-bond donors (Lipinski definition) is 1. The molecule has 1 N–H and O–H groups in total. The first kappa shape index (κ1) is 15.1. The van der Waals surface area contributed by atoms with Crippen LogP contribution in [-0.2, 0) is 6.42 Å². The molecule has 0 amide bonds. The normalized spacial score (nSPS) is 18.5. The fourth-order valence-electron chi connectivity index (χ4n) is 2.66. The van der Waals surface area contributed by atoms with Gasteiger partial charge >= 0.3 is 0 Å². The van der Waals surface area contributed by atoms with Crippen LogP contribution in [0.15, 0.2) is 18.2 Å². The van der Waals surface area contributed by atoms with Crippen molar-refractivity contribution in [2.45, 2.75) is 31.7 Å². The number of rotatable bonds is 5. The van der Waals surface area contributed by atoms with Gasteiger partial charge in [-0.1, -0.05) is 17.7 Å². The Bertz CT molecular complexity index is 387. The van der Waals surface area contributed by atoms with Gasteiger partial charge in [0, 0.05) is 16.6 Å². The molecule has 1 saturated heterocycles. The first-order valence-corrected chi connectivity index (χ1v) is 8.42. The Balaban J connectivity index is 1.98. The Hall–Kier alpha value is -0.250. The van der Waals surface area contributed by atoms with Gasteiger partial charge in [0.25, 0.3) is 0 Å². The Labute approximate surface area is 124 Å². The van der Waals surface area contributed by atoms with Crippen LogP contribution < -0.4 is 5.32 Å². The molecule has 1 aliphatic heterocycles. The van der Waals surface area contributed by atoms with Crippen molar-refractivity contribution in [2.24, 2.45) is 5.92 Å². The summed E-state index contributed by atoms with van der Waals surface area (Å²) >= 11 is 8.14. The molecule has 0 bridgehead atoms. The van der Waals surface area contributed by atoms with E-state index in [9.17, 15) is 4.39 Å². The Morgan fingerprint density at radius 2 is 2.16 bits per heavy atom. The molecule has 0 aromatic heterocycles. The van der Waals surface area contributed by atoms with Crippen molar-refractivity contribution in [3.63, 3.8) is 0 Å². The highest BCUT2D eigenvalue weighted by molar-refractivity contribution is 7.99. The van der Waals surface area contributed by atoms with Gasteiger partial charge in [-0.15, -0.1) is 0 Å². The second kappa shape index (κ2) is 7.51. The molecule has 0 spiro atoms. The summed E-state index contributed by atoms with van der Waals surface area (Å²) < 4.78 is 13.8. The van der Waals surface area contributed by atoms with Crippen LogP contribution in [0.25, 0.3) is 0 Å². The summed E-state index contributed by atoms with van der Waals surface area (Å²) in [6.45, 7) is 0. The molecule has 2 rings (SSSR count). The van der Waals surface area contributed by atoms with Gasteiger partial charge in [0.2, 0.25) is 0 Å². The van der Waals surface area contributed by atoms with Crippen molar-refractivity contribution in [1.82, 2.24) is 5.32 Å². The monoisotopic (exact) mass is 301 g/mol. The highest BCUT2D eigenvalue weighted by atomic mass is 35.5. The van der Waals surface area contributed by atoms with Gasteiger partial charge in [-0.2, -0.15) is 11.8 Å². The molecule has 1 nitrogen and oxygen atoms in total. The molecule has 1 unspecified atom stereocenters. The average Bonchev–Trinajstić information content (AvgIpc) is 2.43. The number of halogens is 2. The molecule has 1 atom stereocenters. The summed E-state index contributed by atoms with van der Waals surface area (Å²) in [4.78, 5) is 0. The van der Waals surface area contributed by atoms with E-state index in [0.29, 0.717) is 23.0 Å². The standard InChI is InChI=1S/C15H21ClFNS/c1-18-12(9-11-5-7-19-8-6-11)10-13-14(16)3-2-4-15(13)17/h2-4,11-12,18H,5-10H2,1H3. The maximum atomic E-state index is 13.8. The zero-order valence-electron chi connectivity index (χ0n) is 11.3. The van der Waals surface area contributed by atoms with Crippen LogP contribution in [0, 0.1) is 11.7 Å². The summed E-state index contributed by atoms with van der Waals surface area (Å²) in [6, 6.07) is 5.23. The van der Waals surface area contributed by atoms with Crippen LogP contribution >= 0.6 is 23.4 Å². The highest BCUT2D eigenvalue weighted by Crippen LogP contribution is 2.28. The van der Waals surface area contributed by atoms with Crippen molar-refractivity contribution in [3.05, 3.63) is 34.6 Å². The zero-order valence-corrected chi connectivity index (χ0v) is 12.9. The molecule has 19 heavy (non-hydrogen) atoms. The third-order valence-electron chi connectivity index (χ3n) is 3.88. The van der Waals surface area contributed by atoms with Crippen LogP contribution in [0.4, 0.5) is 4.39 Å². The second-order valence-corrected chi connectivity index (χ2v) is 6.81. The molecule has 0 aliphatic carbocycles. The Kier molecular flexibility index (Phi) is 5.99. The molecule has 106 valence electrons. The van der Waals surface area contributed by atoms with Crippen LogP contribution in [0.1, 0.15) is 24.8 Å². The quantitative estimate of drug-likeness (QED) is 0.877. The van der Waals surface area contributed by atoms with E-state index in [1.807, 2.05) is 18.8 Å². The van der Waals surface area contributed by atoms with Crippen molar-refractivity contribution in [3.8, 4) is 0 Å². The van der Waals surface area contributed by atoms with E-state index in [2.05, 4.69) is 5.32 Å². The SMILES string of the molecule is CNC(Cc1c(F)cccc1Cl)CC1CCSCC1. The van der Waals surface area contributed by atoms with E-state index in [1.54, 1.807) is 12.1 Å². The minimum absolute atomic E-state index is 0.188. The fourth-order valence-corrected chi connectivity index (χ4v) is 4.11. The number of benzene rings is 1. The number of likely N-dealkylation sites (N-methyl/N-ethyl adjacent to an activating group) is 1. The summed E-state index contributed by atoms with van der Waals surface area (Å²) in [5, 5.41) is 3.86.